The van der Waals surface area contributed by atoms with Crippen molar-refractivity contribution in [3.63, 3.8) is 0 Å². The number of hydrogen-bond donors (Lipinski definition) is 1. The van der Waals surface area contributed by atoms with Crippen molar-refractivity contribution in [1.82, 2.24) is 4.90 Å². The molecule has 0 saturated carbocycles. The summed E-state index contributed by atoms with van der Waals surface area (Å²) in [5.41, 5.74) is 1.07. The molecule has 0 aliphatic carbocycles. The Morgan fingerprint density at radius 3 is 2.47 bits per heavy atom. The third-order valence-corrected chi connectivity index (χ3v) is 2.85. The molecule has 0 spiro atoms. The van der Waals surface area contributed by atoms with Gasteiger partial charge in [-0.15, -0.1) is 0 Å². The van der Waals surface area contributed by atoms with Crippen molar-refractivity contribution in [2.45, 2.75) is 19.4 Å². The monoisotopic (exact) mass is 265 g/mol. The molecule has 1 unspecified atom stereocenters. The first-order chi connectivity index (χ1) is 9.04. The zero-order chi connectivity index (χ0) is 14.3. The average molecular weight is 265 g/mol. The number of carbonyl (C=O) groups is 2. The maximum absolute atomic E-state index is 12.0. The number of aliphatic carboxylic acids is 1. The molecule has 1 aromatic rings. The molecule has 0 aliphatic rings. The first-order valence-corrected chi connectivity index (χ1v) is 6.12. The predicted octanol–water partition coefficient (Wildman–Crippen LogP) is 1.18. The van der Waals surface area contributed by atoms with E-state index in [4.69, 9.17) is 9.84 Å². The molecular formula is C14H19NO4. The van der Waals surface area contributed by atoms with Crippen LogP contribution >= 0.6 is 0 Å². The van der Waals surface area contributed by atoms with E-state index in [1.807, 2.05) is 30.3 Å². The summed E-state index contributed by atoms with van der Waals surface area (Å²) in [5, 5.41) is 8.85. The van der Waals surface area contributed by atoms with Crippen molar-refractivity contribution < 1.29 is 19.4 Å². The Morgan fingerprint density at radius 1 is 1.32 bits per heavy atom. The van der Waals surface area contributed by atoms with E-state index < -0.39 is 12.1 Å². The van der Waals surface area contributed by atoms with Gasteiger partial charge in [-0.25, -0.2) is 0 Å². The zero-order valence-electron chi connectivity index (χ0n) is 11.2. The molecule has 1 rings (SSSR count). The smallest absolute Gasteiger partial charge is 0.323 e. The molecule has 104 valence electrons. The number of carboxylic acid groups (broad SMARTS) is 1. The molecule has 19 heavy (non-hydrogen) atoms. The van der Waals surface area contributed by atoms with Gasteiger partial charge in [0.25, 0.3) is 5.91 Å². The van der Waals surface area contributed by atoms with Gasteiger partial charge >= 0.3 is 5.97 Å². The van der Waals surface area contributed by atoms with Crippen LogP contribution in [0.15, 0.2) is 30.3 Å². The molecule has 1 atom stereocenters. The van der Waals surface area contributed by atoms with Gasteiger partial charge in [0, 0.05) is 13.7 Å². The van der Waals surface area contributed by atoms with E-state index >= 15 is 0 Å². The minimum Gasteiger partial charge on any atom is -0.480 e. The Kier molecular flexibility index (Phi) is 6.02. The van der Waals surface area contributed by atoms with Gasteiger partial charge in [0.05, 0.1) is 0 Å². The lowest BCUT2D eigenvalue weighted by molar-refractivity contribution is -0.149. The molecule has 0 heterocycles. The Labute approximate surface area is 112 Å². The molecule has 1 N–H and O–H groups in total. The van der Waals surface area contributed by atoms with Crippen LogP contribution in [0.5, 0.6) is 0 Å². The van der Waals surface area contributed by atoms with Crippen LogP contribution in [0, 0.1) is 0 Å². The molecule has 5 heteroatoms. The summed E-state index contributed by atoms with van der Waals surface area (Å²) < 4.78 is 4.94. The van der Waals surface area contributed by atoms with Crippen molar-refractivity contribution >= 4 is 11.9 Å². The molecule has 0 radical (unpaired) electrons. The fourth-order valence-corrected chi connectivity index (χ4v) is 1.70. The third kappa shape index (κ3) is 5.09. The maximum Gasteiger partial charge on any atom is 0.323 e. The van der Waals surface area contributed by atoms with Gasteiger partial charge in [0.15, 0.2) is 0 Å². The number of ether oxygens (including phenoxy) is 1. The van der Waals surface area contributed by atoms with Crippen LogP contribution < -0.4 is 0 Å². The average Bonchev–Trinajstić information content (AvgIpc) is 2.42. The van der Waals surface area contributed by atoms with Crippen LogP contribution in [0.1, 0.15) is 12.5 Å². The van der Waals surface area contributed by atoms with Gasteiger partial charge in [0.2, 0.25) is 0 Å². The lowest BCUT2D eigenvalue weighted by Crippen LogP contribution is -2.42. The molecule has 0 saturated heterocycles. The van der Waals surface area contributed by atoms with E-state index in [9.17, 15) is 9.59 Å². The van der Waals surface area contributed by atoms with E-state index in [1.54, 1.807) is 6.92 Å². The number of carboxylic acids is 1. The Morgan fingerprint density at radius 2 is 1.95 bits per heavy atom. The van der Waals surface area contributed by atoms with Gasteiger partial charge < -0.3 is 14.7 Å². The maximum atomic E-state index is 12.0. The van der Waals surface area contributed by atoms with Gasteiger partial charge in [0.1, 0.15) is 12.6 Å². The summed E-state index contributed by atoms with van der Waals surface area (Å²) in [6.45, 7) is 1.67. The fraction of sp³-hybridized carbons (Fsp3) is 0.429. The SMILES string of the molecule is COC(C)C(=O)N(CCc1ccccc1)CC(=O)O. The third-order valence-electron chi connectivity index (χ3n) is 2.85. The molecule has 0 aliphatic heterocycles. The van der Waals surface area contributed by atoms with E-state index in [1.165, 1.54) is 12.0 Å². The quantitative estimate of drug-likeness (QED) is 0.804. The van der Waals surface area contributed by atoms with Crippen LogP contribution in [0.3, 0.4) is 0 Å². The number of amides is 1. The topological polar surface area (TPSA) is 66.8 Å². The summed E-state index contributed by atoms with van der Waals surface area (Å²) in [5.74, 6) is -1.33. The number of carbonyl (C=O) groups excluding carboxylic acids is 1. The van der Waals surface area contributed by atoms with E-state index in [0.29, 0.717) is 13.0 Å². The van der Waals surface area contributed by atoms with Gasteiger partial charge in [-0.2, -0.15) is 0 Å². The summed E-state index contributed by atoms with van der Waals surface area (Å²) in [7, 11) is 1.43. The highest BCUT2D eigenvalue weighted by Crippen LogP contribution is 2.04. The largest absolute Gasteiger partial charge is 0.480 e. The molecule has 1 aromatic carbocycles. The van der Waals surface area contributed by atoms with Crippen LogP contribution in [0.2, 0.25) is 0 Å². The highest BCUT2D eigenvalue weighted by molar-refractivity contribution is 5.84. The molecule has 5 nitrogen and oxygen atoms in total. The van der Waals surface area contributed by atoms with Crippen LogP contribution in [0.25, 0.3) is 0 Å². The van der Waals surface area contributed by atoms with Gasteiger partial charge in [-0.05, 0) is 18.9 Å². The van der Waals surface area contributed by atoms with Crippen molar-refractivity contribution in [2.75, 3.05) is 20.2 Å². The first kappa shape index (κ1) is 15.2. The second-order valence-electron chi connectivity index (χ2n) is 4.27. The van der Waals surface area contributed by atoms with Crippen LogP contribution in [0.4, 0.5) is 0 Å². The molecule has 0 aromatic heterocycles. The second kappa shape index (κ2) is 7.53. The Bertz CT molecular complexity index is 419. The second-order valence-corrected chi connectivity index (χ2v) is 4.27. The summed E-state index contributed by atoms with van der Waals surface area (Å²) in [6.07, 6.45) is -0.00819. The van der Waals surface area contributed by atoms with E-state index in [0.717, 1.165) is 5.56 Å². The predicted molar refractivity (Wildman–Crippen MR) is 70.8 cm³/mol. The minimum absolute atomic E-state index is 0.305. The van der Waals surface area contributed by atoms with Crippen LogP contribution in [-0.4, -0.2) is 48.2 Å². The van der Waals surface area contributed by atoms with Crippen molar-refractivity contribution in [3.8, 4) is 0 Å². The number of rotatable bonds is 7. The minimum atomic E-state index is -1.02. The summed E-state index contributed by atoms with van der Waals surface area (Å²) >= 11 is 0. The molecule has 0 fully saturated rings. The lowest BCUT2D eigenvalue weighted by Gasteiger charge is -2.23. The number of hydrogen-bond acceptors (Lipinski definition) is 3. The Balaban J connectivity index is 2.64. The van der Waals surface area contributed by atoms with Gasteiger partial charge in [-0.1, -0.05) is 30.3 Å². The van der Waals surface area contributed by atoms with Crippen LogP contribution in [-0.2, 0) is 20.7 Å². The summed E-state index contributed by atoms with van der Waals surface area (Å²) in [4.78, 5) is 24.1. The highest BCUT2D eigenvalue weighted by atomic mass is 16.5. The standard InChI is InChI=1S/C14H19NO4/c1-11(19-2)14(18)15(10-13(16)17)9-8-12-6-4-3-5-7-12/h3-7,11H,8-10H2,1-2H3,(H,16,17). The van der Waals surface area contributed by atoms with E-state index in [-0.39, 0.29) is 12.5 Å². The summed E-state index contributed by atoms with van der Waals surface area (Å²) in [6, 6.07) is 9.63. The zero-order valence-corrected chi connectivity index (χ0v) is 11.2. The first-order valence-electron chi connectivity index (χ1n) is 6.12. The van der Waals surface area contributed by atoms with Crippen molar-refractivity contribution in [2.24, 2.45) is 0 Å². The number of methoxy groups -OCH3 is 1. The number of benzene rings is 1. The lowest BCUT2D eigenvalue weighted by atomic mass is 10.1. The van der Waals surface area contributed by atoms with Crippen molar-refractivity contribution in [1.29, 1.82) is 0 Å². The fourth-order valence-electron chi connectivity index (χ4n) is 1.70. The van der Waals surface area contributed by atoms with E-state index in [2.05, 4.69) is 0 Å². The Hall–Kier alpha value is -1.88. The highest BCUT2D eigenvalue weighted by Gasteiger charge is 2.21. The molecular weight excluding hydrogens is 246 g/mol. The van der Waals surface area contributed by atoms with Gasteiger partial charge in [-0.3, -0.25) is 9.59 Å². The van der Waals surface area contributed by atoms with Crippen molar-refractivity contribution in [3.05, 3.63) is 35.9 Å². The normalized spacial score (nSPS) is 11.9. The molecule has 0 bridgehead atoms. The molecule has 1 amide bonds. The number of nitrogens with zero attached hydrogens (tertiary/aromatic N) is 1.